The third kappa shape index (κ3) is 4.17. The molecule has 0 saturated heterocycles. The number of rotatable bonds is 6. The lowest BCUT2D eigenvalue weighted by molar-refractivity contribution is 0.0696. The van der Waals surface area contributed by atoms with Crippen LogP contribution in [0.2, 0.25) is 0 Å². The first kappa shape index (κ1) is 14.8. The maximum absolute atomic E-state index is 10.9. The summed E-state index contributed by atoms with van der Waals surface area (Å²) in [6, 6.07) is 8.63. The average molecular weight is 287 g/mol. The van der Waals surface area contributed by atoms with Gasteiger partial charge in [0.25, 0.3) is 0 Å². The van der Waals surface area contributed by atoms with E-state index in [0.29, 0.717) is 30.4 Å². The van der Waals surface area contributed by atoms with Gasteiger partial charge in [-0.2, -0.15) is 4.98 Å². The van der Waals surface area contributed by atoms with Crippen LogP contribution in [0.3, 0.4) is 0 Å². The predicted octanol–water partition coefficient (Wildman–Crippen LogP) is 2.15. The summed E-state index contributed by atoms with van der Waals surface area (Å²) in [5.74, 6) is 0.0932. The molecule has 2 rings (SSSR count). The van der Waals surface area contributed by atoms with E-state index in [1.807, 2.05) is 13.0 Å². The van der Waals surface area contributed by atoms with E-state index in [9.17, 15) is 4.79 Å². The molecule has 0 bridgehead atoms. The molecule has 0 aliphatic rings. The fraction of sp³-hybridized carbons (Fsp3) is 0.267. The highest BCUT2D eigenvalue weighted by molar-refractivity contribution is 5.87. The number of anilines is 1. The van der Waals surface area contributed by atoms with E-state index in [1.165, 1.54) is 0 Å². The Labute approximate surface area is 122 Å². The van der Waals surface area contributed by atoms with Gasteiger partial charge in [-0.3, -0.25) is 0 Å². The number of carboxylic acids is 1. The number of hydrogen-bond donors (Lipinski definition) is 2. The first-order valence-electron chi connectivity index (χ1n) is 6.54. The van der Waals surface area contributed by atoms with Crippen LogP contribution in [0.4, 0.5) is 5.95 Å². The Bertz CT molecular complexity index is 644. The maximum Gasteiger partial charge on any atom is 0.335 e. The molecule has 0 aliphatic carbocycles. The van der Waals surface area contributed by atoms with Crippen molar-refractivity contribution in [3.8, 4) is 5.88 Å². The van der Waals surface area contributed by atoms with Crippen LogP contribution in [0, 0.1) is 6.92 Å². The van der Waals surface area contributed by atoms with Gasteiger partial charge in [0.15, 0.2) is 0 Å². The Kier molecular flexibility index (Phi) is 4.71. The summed E-state index contributed by atoms with van der Waals surface area (Å²) in [5, 5.41) is 12.1. The van der Waals surface area contributed by atoms with Gasteiger partial charge in [-0.1, -0.05) is 12.1 Å². The van der Waals surface area contributed by atoms with E-state index >= 15 is 0 Å². The smallest absolute Gasteiger partial charge is 0.335 e. The SMILES string of the molecule is COc1cc(C)nc(NCCc2cccc(C(=O)O)c2)n1. The number of aryl methyl sites for hydroxylation is 1. The largest absolute Gasteiger partial charge is 0.481 e. The zero-order chi connectivity index (χ0) is 15.2. The third-order valence-corrected chi connectivity index (χ3v) is 2.91. The fourth-order valence-corrected chi connectivity index (χ4v) is 1.90. The summed E-state index contributed by atoms with van der Waals surface area (Å²) in [6.45, 7) is 2.47. The Morgan fingerprint density at radius 3 is 2.86 bits per heavy atom. The van der Waals surface area contributed by atoms with Crippen LogP contribution in [-0.4, -0.2) is 34.7 Å². The molecule has 2 aromatic rings. The quantitative estimate of drug-likeness (QED) is 0.847. The van der Waals surface area contributed by atoms with Crippen LogP contribution in [0.25, 0.3) is 0 Å². The Balaban J connectivity index is 1.96. The van der Waals surface area contributed by atoms with Crippen LogP contribution in [0.5, 0.6) is 5.88 Å². The van der Waals surface area contributed by atoms with Crippen molar-refractivity contribution >= 4 is 11.9 Å². The van der Waals surface area contributed by atoms with Crippen molar-refractivity contribution in [3.05, 3.63) is 47.2 Å². The fourth-order valence-electron chi connectivity index (χ4n) is 1.90. The van der Waals surface area contributed by atoms with E-state index in [-0.39, 0.29) is 0 Å². The highest BCUT2D eigenvalue weighted by Crippen LogP contribution is 2.11. The van der Waals surface area contributed by atoms with Crippen LogP contribution in [0.15, 0.2) is 30.3 Å². The molecule has 0 radical (unpaired) electrons. The van der Waals surface area contributed by atoms with Crippen LogP contribution in [-0.2, 0) is 6.42 Å². The van der Waals surface area contributed by atoms with Gasteiger partial charge in [0.1, 0.15) is 0 Å². The molecule has 1 aromatic heterocycles. The number of ether oxygens (including phenoxy) is 1. The topological polar surface area (TPSA) is 84.3 Å². The summed E-state index contributed by atoms with van der Waals surface area (Å²) in [5.41, 5.74) is 2.06. The number of benzene rings is 1. The lowest BCUT2D eigenvalue weighted by Crippen LogP contribution is -2.09. The predicted molar refractivity (Wildman–Crippen MR) is 78.9 cm³/mol. The van der Waals surface area contributed by atoms with Gasteiger partial charge >= 0.3 is 5.97 Å². The van der Waals surface area contributed by atoms with Crippen molar-refractivity contribution in [1.82, 2.24) is 9.97 Å². The van der Waals surface area contributed by atoms with Crippen molar-refractivity contribution in [2.45, 2.75) is 13.3 Å². The molecular formula is C15H17N3O3. The number of carboxylic acid groups (broad SMARTS) is 1. The van der Waals surface area contributed by atoms with Crippen molar-refractivity contribution in [2.24, 2.45) is 0 Å². The molecule has 6 nitrogen and oxygen atoms in total. The summed E-state index contributed by atoms with van der Waals surface area (Å²) >= 11 is 0. The number of methoxy groups -OCH3 is 1. The van der Waals surface area contributed by atoms with Gasteiger partial charge in [-0.05, 0) is 31.0 Å². The maximum atomic E-state index is 10.9. The second-order valence-corrected chi connectivity index (χ2v) is 4.56. The standard InChI is InChI=1S/C15H17N3O3/c1-10-8-13(21-2)18-15(17-10)16-7-6-11-4-3-5-12(9-11)14(19)20/h3-5,8-9H,6-7H2,1-2H3,(H,19,20)(H,16,17,18). The number of hydrogen-bond acceptors (Lipinski definition) is 5. The highest BCUT2D eigenvalue weighted by Gasteiger charge is 2.04. The molecule has 2 N–H and O–H groups in total. The minimum Gasteiger partial charge on any atom is -0.481 e. The van der Waals surface area contributed by atoms with Crippen molar-refractivity contribution in [1.29, 1.82) is 0 Å². The van der Waals surface area contributed by atoms with E-state index < -0.39 is 5.97 Å². The zero-order valence-corrected chi connectivity index (χ0v) is 12.0. The normalized spacial score (nSPS) is 10.2. The van der Waals surface area contributed by atoms with Crippen LogP contribution in [0.1, 0.15) is 21.6 Å². The van der Waals surface area contributed by atoms with Gasteiger partial charge in [0, 0.05) is 18.3 Å². The van der Waals surface area contributed by atoms with Gasteiger partial charge in [0.05, 0.1) is 12.7 Å². The van der Waals surface area contributed by atoms with E-state index in [4.69, 9.17) is 9.84 Å². The van der Waals surface area contributed by atoms with E-state index in [2.05, 4.69) is 15.3 Å². The molecular weight excluding hydrogens is 270 g/mol. The lowest BCUT2D eigenvalue weighted by atomic mass is 10.1. The average Bonchev–Trinajstić information content (AvgIpc) is 2.47. The number of nitrogens with zero attached hydrogens (tertiary/aromatic N) is 2. The van der Waals surface area contributed by atoms with Crippen LogP contribution >= 0.6 is 0 Å². The Morgan fingerprint density at radius 2 is 2.14 bits per heavy atom. The number of aromatic nitrogens is 2. The first-order chi connectivity index (χ1) is 10.1. The second-order valence-electron chi connectivity index (χ2n) is 4.56. The minimum absolute atomic E-state index is 0.293. The molecule has 6 heteroatoms. The molecule has 0 unspecified atom stereocenters. The monoisotopic (exact) mass is 287 g/mol. The Morgan fingerprint density at radius 1 is 1.33 bits per heavy atom. The van der Waals surface area contributed by atoms with Crippen molar-refractivity contribution in [3.63, 3.8) is 0 Å². The minimum atomic E-state index is -0.920. The molecule has 0 atom stereocenters. The number of carbonyl (C=O) groups is 1. The molecule has 1 heterocycles. The molecule has 1 aromatic carbocycles. The summed E-state index contributed by atoms with van der Waals surface area (Å²) in [4.78, 5) is 19.4. The summed E-state index contributed by atoms with van der Waals surface area (Å²) < 4.78 is 5.09. The van der Waals surface area contributed by atoms with Crippen molar-refractivity contribution in [2.75, 3.05) is 19.0 Å². The zero-order valence-electron chi connectivity index (χ0n) is 12.0. The van der Waals surface area contributed by atoms with E-state index in [1.54, 1.807) is 31.4 Å². The molecule has 21 heavy (non-hydrogen) atoms. The van der Waals surface area contributed by atoms with Crippen molar-refractivity contribution < 1.29 is 14.6 Å². The molecule has 110 valence electrons. The molecule has 0 aliphatic heterocycles. The second kappa shape index (κ2) is 6.69. The number of aromatic carboxylic acids is 1. The molecule has 0 fully saturated rings. The number of nitrogens with one attached hydrogen (secondary N) is 1. The highest BCUT2D eigenvalue weighted by atomic mass is 16.5. The third-order valence-electron chi connectivity index (χ3n) is 2.91. The van der Waals surface area contributed by atoms with Crippen LogP contribution < -0.4 is 10.1 Å². The Hall–Kier alpha value is -2.63. The van der Waals surface area contributed by atoms with Gasteiger partial charge in [-0.25, -0.2) is 9.78 Å². The first-order valence-corrected chi connectivity index (χ1v) is 6.54. The van der Waals surface area contributed by atoms with E-state index in [0.717, 1.165) is 11.3 Å². The summed E-state index contributed by atoms with van der Waals surface area (Å²) in [7, 11) is 1.56. The summed E-state index contributed by atoms with van der Waals surface area (Å²) in [6.07, 6.45) is 0.681. The van der Waals surface area contributed by atoms with Gasteiger partial charge in [-0.15, -0.1) is 0 Å². The van der Waals surface area contributed by atoms with Gasteiger partial charge in [0.2, 0.25) is 11.8 Å². The van der Waals surface area contributed by atoms with Gasteiger partial charge < -0.3 is 15.2 Å². The molecule has 0 saturated carbocycles. The molecule has 0 amide bonds. The molecule has 0 spiro atoms. The lowest BCUT2D eigenvalue weighted by Gasteiger charge is -2.08.